The largest absolute Gasteiger partial charge is 2.00 e. The van der Waals surface area contributed by atoms with Gasteiger partial charge in [0.25, 0.3) is 0 Å². The van der Waals surface area contributed by atoms with Gasteiger partial charge in [0.2, 0.25) is 0 Å². The SMILES string of the molecule is CCCCCCCC[Si]C.[Zr+2].c1ccc2c(c1)[cH-]c1ccccc12.c1ccc2c(c1)[cH-]c1ccccc12. The molecular formula is C35H38SiZr. The third-order valence-corrected chi connectivity index (χ3v) is 7.68. The molecule has 0 unspecified atom stereocenters. The van der Waals surface area contributed by atoms with Crippen molar-refractivity contribution in [3.63, 3.8) is 0 Å². The average Bonchev–Trinajstić information content (AvgIpc) is 3.50. The first-order valence-electron chi connectivity index (χ1n) is 13.5. The fraction of sp³-hybridized carbons (Fsp3) is 0.257. The Labute approximate surface area is 244 Å². The molecule has 0 aliphatic carbocycles. The average molecular weight is 578 g/mol. The summed E-state index contributed by atoms with van der Waals surface area (Å²) in [6.07, 6.45) is 8.69. The molecule has 0 saturated heterocycles. The van der Waals surface area contributed by atoms with Crippen LogP contribution in [0, 0.1) is 0 Å². The quantitative estimate of drug-likeness (QED) is 0.101. The second-order valence-electron chi connectivity index (χ2n) is 9.51. The molecule has 186 valence electrons. The predicted molar refractivity (Wildman–Crippen MR) is 164 cm³/mol. The minimum atomic E-state index is 0. The van der Waals surface area contributed by atoms with Crippen molar-refractivity contribution < 1.29 is 26.2 Å². The number of unbranched alkanes of at least 4 members (excludes halogenated alkanes) is 5. The number of hydrogen-bond acceptors (Lipinski definition) is 0. The van der Waals surface area contributed by atoms with Crippen LogP contribution in [0.3, 0.4) is 0 Å². The summed E-state index contributed by atoms with van der Waals surface area (Å²) in [5.41, 5.74) is 0. The Bertz CT molecular complexity index is 1260. The summed E-state index contributed by atoms with van der Waals surface area (Å²) in [7, 11) is 1.17. The summed E-state index contributed by atoms with van der Waals surface area (Å²) in [5, 5.41) is 10.8. The summed E-state index contributed by atoms with van der Waals surface area (Å²) >= 11 is 0. The van der Waals surface area contributed by atoms with Crippen molar-refractivity contribution in [3.05, 3.63) is 109 Å². The summed E-state index contributed by atoms with van der Waals surface area (Å²) in [4.78, 5) is 0. The first-order valence-corrected chi connectivity index (χ1v) is 15.2. The molecule has 37 heavy (non-hydrogen) atoms. The minimum Gasteiger partial charge on any atom is -0.126 e. The van der Waals surface area contributed by atoms with Crippen molar-refractivity contribution >= 4 is 52.6 Å². The van der Waals surface area contributed by atoms with Crippen molar-refractivity contribution in [2.75, 3.05) is 0 Å². The van der Waals surface area contributed by atoms with Crippen LogP contribution in [0.25, 0.3) is 43.1 Å². The molecule has 0 aromatic heterocycles. The van der Waals surface area contributed by atoms with Gasteiger partial charge in [-0.2, -0.15) is 0 Å². The molecule has 0 heterocycles. The first kappa shape index (κ1) is 29.3. The number of benzene rings is 4. The standard InChI is InChI=1S/2C13H9.C9H20Si.Zr/c2*1-3-7-12-10(5-1)9-11-6-2-4-8-13(11)12;1-3-4-5-6-7-8-9-10-2;/h2*1-9H;3-9H2,1-2H3;/q2*-1;;+2. The summed E-state index contributed by atoms with van der Waals surface area (Å²) in [6.45, 7) is 4.57. The molecule has 0 N–H and O–H groups in total. The fourth-order valence-corrected chi connectivity index (χ4v) is 5.49. The van der Waals surface area contributed by atoms with Gasteiger partial charge in [-0.15, -0.1) is 79.5 Å². The maximum absolute atomic E-state index is 2.30. The van der Waals surface area contributed by atoms with E-state index in [2.05, 4.69) is 123 Å². The van der Waals surface area contributed by atoms with Crippen LogP contribution in [0.4, 0.5) is 0 Å². The zero-order valence-electron chi connectivity index (χ0n) is 22.3. The molecule has 2 radical (unpaired) electrons. The van der Waals surface area contributed by atoms with E-state index in [9.17, 15) is 0 Å². The van der Waals surface area contributed by atoms with E-state index in [1.54, 1.807) is 0 Å². The molecular weight excluding hydrogens is 540 g/mol. The van der Waals surface area contributed by atoms with Crippen molar-refractivity contribution in [2.45, 2.75) is 58.0 Å². The van der Waals surface area contributed by atoms with Gasteiger partial charge in [-0.3, -0.25) is 0 Å². The molecule has 0 saturated carbocycles. The van der Waals surface area contributed by atoms with Gasteiger partial charge in [0.05, 0.1) is 0 Å². The maximum Gasteiger partial charge on any atom is 2.00 e. The Kier molecular flexibility index (Phi) is 12.5. The molecule has 0 fully saturated rings. The van der Waals surface area contributed by atoms with Gasteiger partial charge >= 0.3 is 26.2 Å². The van der Waals surface area contributed by atoms with Crippen LogP contribution >= 0.6 is 0 Å². The Morgan fingerprint density at radius 2 is 0.811 bits per heavy atom. The van der Waals surface area contributed by atoms with Gasteiger partial charge in [-0.1, -0.05) is 131 Å². The van der Waals surface area contributed by atoms with Crippen LogP contribution in [0.15, 0.2) is 109 Å². The molecule has 2 heteroatoms. The van der Waals surface area contributed by atoms with E-state index >= 15 is 0 Å². The Morgan fingerprint density at radius 1 is 0.486 bits per heavy atom. The topological polar surface area (TPSA) is 0 Å². The summed E-state index contributed by atoms with van der Waals surface area (Å²) in [6, 6.07) is 40.0. The van der Waals surface area contributed by atoms with Crippen LogP contribution in [-0.4, -0.2) is 9.52 Å². The molecule has 6 aromatic carbocycles. The first-order chi connectivity index (χ1) is 17.8. The van der Waals surface area contributed by atoms with E-state index < -0.39 is 0 Å². The van der Waals surface area contributed by atoms with Crippen molar-refractivity contribution in [3.8, 4) is 0 Å². The predicted octanol–water partition coefficient (Wildman–Crippen LogP) is 10.9. The minimum absolute atomic E-state index is 0. The summed E-state index contributed by atoms with van der Waals surface area (Å²) in [5.74, 6) is 0. The van der Waals surface area contributed by atoms with E-state index in [0.717, 1.165) is 0 Å². The molecule has 0 spiro atoms. The second-order valence-corrected chi connectivity index (χ2v) is 10.7. The van der Waals surface area contributed by atoms with Gasteiger partial charge in [-0.25, -0.2) is 0 Å². The van der Waals surface area contributed by atoms with E-state index in [0.29, 0.717) is 0 Å². The van der Waals surface area contributed by atoms with E-state index in [1.807, 2.05) is 0 Å². The van der Waals surface area contributed by atoms with Crippen LogP contribution < -0.4 is 0 Å². The van der Waals surface area contributed by atoms with Crippen molar-refractivity contribution in [1.82, 2.24) is 0 Å². The third kappa shape index (κ3) is 8.10. The molecule has 0 amide bonds. The zero-order valence-corrected chi connectivity index (χ0v) is 25.8. The van der Waals surface area contributed by atoms with Crippen molar-refractivity contribution in [2.24, 2.45) is 0 Å². The molecule has 0 bridgehead atoms. The molecule has 0 nitrogen and oxygen atoms in total. The second kappa shape index (κ2) is 15.9. The van der Waals surface area contributed by atoms with Gasteiger partial charge in [0.1, 0.15) is 0 Å². The van der Waals surface area contributed by atoms with Crippen LogP contribution in [-0.2, 0) is 26.2 Å². The Hall–Kier alpha value is -2.28. The monoisotopic (exact) mass is 576 g/mol. The van der Waals surface area contributed by atoms with Gasteiger partial charge in [0.15, 0.2) is 0 Å². The van der Waals surface area contributed by atoms with Crippen LogP contribution in [0.5, 0.6) is 0 Å². The molecule has 6 rings (SSSR count). The summed E-state index contributed by atoms with van der Waals surface area (Å²) < 4.78 is 0. The number of fused-ring (bicyclic) bond motifs is 6. The van der Waals surface area contributed by atoms with Crippen LogP contribution in [0.1, 0.15) is 45.4 Å². The molecule has 0 aliphatic rings. The number of rotatable bonds is 7. The normalized spacial score (nSPS) is 10.5. The smallest absolute Gasteiger partial charge is 0.126 e. The third-order valence-electron chi connectivity index (χ3n) is 6.83. The maximum atomic E-state index is 2.30. The number of hydrogen-bond donors (Lipinski definition) is 0. The van der Waals surface area contributed by atoms with Crippen LogP contribution in [0.2, 0.25) is 12.6 Å². The fourth-order valence-electron chi connectivity index (χ4n) is 4.89. The molecule has 0 aliphatic heterocycles. The van der Waals surface area contributed by atoms with Crippen molar-refractivity contribution in [1.29, 1.82) is 0 Å². The Morgan fingerprint density at radius 3 is 1.16 bits per heavy atom. The zero-order chi connectivity index (χ0) is 25.0. The van der Waals surface area contributed by atoms with E-state index in [4.69, 9.17) is 0 Å². The van der Waals surface area contributed by atoms with Gasteiger partial charge in [-0.05, 0) is 0 Å². The molecule has 0 atom stereocenters. The van der Waals surface area contributed by atoms with Gasteiger partial charge in [0, 0.05) is 9.52 Å². The van der Waals surface area contributed by atoms with Gasteiger partial charge < -0.3 is 0 Å². The van der Waals surface area contributed by atoms with E-state index in [-0.39, 0.29) is 26.2 Å². The van der Waals surface area contributed by atoms with E-state index in [1.165, 1.54) is 97.2 Å². The molecule has 6 aromatic rings. The Balaban J connectivity index is 0.000000154.